The van der Waals surface area contributed by atoms with E-state index < -0.39 is 5.91 Å². The van der Waals surface area contributed by atoms with Crippen LogP contribution in [0.2, 0.25) is 5.02 Å². The third-order valence-electron chi connectivity index (χ3n) is 5.45. The van der Waals surface area contributed by atoms with Gasteiger partial charge in [0.2, 0.25) is 17.8 Å². The van der Waals surface area contributed by atoms with E-state index in [1.807, 2.05) is 23.1 Å². The van der Waals surface area contributed by atoms with Gasteiger partial charge in [-0.15, -0.1) is 0 Å². The van der Waals surface area contributed by atoms with E-state index in [0.29, 0.717) is 22.8 Å². The molecule has 158 valence electrons. The number of amides is 2. The van der Waals surface area contributed by atoms with E-state index >= 15 is 0 Å². The molecule has 4 rings (SSSR count). The molecular weight excluding hydrogens is 414 g/mol. The molecule has 8 heteroatoms. The van der Waals surface area contributed by atoms with Crippen LogP contribution in [0.5, 0.6) is 0 Å². The SMILES string of the molecule is NC(=O)c1cccc(-c2cnc(N)nc2C2CCCN2C(=O)Cc2ccc(Cl)cc2)c1. The minimum atomic E-state index is -0.514. The van der Waals surface area contributed by atoms with Crippen molar-refractivity contribution in [1.82, 2.24) is 14.9 Å². The number of benzene rings is 2. The fourth-order valence-electron chi connectivity index (χ4n) is 3.95. The highest BCUT2D eigenvalue weighted by Gasteiger charge is 2.33. The second kappa shape index (κ2) is 8.73. The molecule has 1 aromatic heterocycles. The number of likely N-dealkylation sites (tertiary alicyclic amines) is 1. The van der Waals surface area contributed by atoms with Crippen molar-refractivity contribution in [3.05, 3.63) is 76.6 Å². The molecule has 0 radical (unpaired) electrons. The maximum absolute atomic E-state index is 13.1. The third-order valence-corrected chi connectivity index (χ3v) is 5.70. The summed E-state index contributed by atoms with van der Waals surface area (Å²) in [5.74, 6) is -0.360. The van der Waals surface area contributed by atoms with Crippen LogP contribution in [0, 0.1) is 0 Å². The molecule has 1 aliphatic heterocycles. The van der Waals surface area contributed by atoms with Crippen LogP contribution < -0.4 is 11.5 Å². The highest BCUT2D eigenvalue weighted by atomic mass is 35.5. The molecule has 0 bridgehead atoms. The van der Waals surface area contributed by atoms with E-state index in [1.54, 1.807) is 36.5 Å². The number of primary amides is 1. The lowest BCUT2D eigenvalue weighted by Crippen LogP contribution is -2.32. The van der Waals surface area contributed by atoms with Gasteiger partial charge in [0.05, 0.1) is 18.2 Å². The molecule has 4 N–H and O–H groups in total. The van der Waals surface area contributed by atoms with E-state index in [2.05, 4.69) is 9.97 Å². The maximum atomic E-state index is 13.1. The summed E-state index contributed by atoms with van der Waals surface area (Å²) in [7, 11) is 0. The Hall–Kier alpha value is -3.45. The lowest BCUT2D eigenvalue weighted by Gasteiger charge is -2.26. The van der Waals surface area contributed by atoms with E-state index in [4.69, 9.17) is 23.1 Å². The van der Waals surface area contributed by atoms with Crippen molar-refractivity contribution in [1.29, 1.82) is 0 Å². The van der Waals surface area contributed by atoms with Gasteiger partial charge in [0, 0.05) is 28.9 Å². The molecule has 0 spiro atoms. The summed E-state index contributed by atoms with van der Waals surface area (Å²) in [6, 6.07) is 14.0. The average Bonchev–Trinajstić information content (AvgIpc) is 3.25. The van der Waals surface area contributed by atoms with Crippen LogP contribution in [0.1, 0.15) is 40.5 Å². The number of carbonyl (C=O) groups is 2. The lowest BCUT2D eigenvalue weighted by molar-refractivity contribution is -0.131. The Morgan fingerprint density at radius 3 is 2.68 bits per heavy atom. The molecule has 1 atom stereocenters. The number of carbonyl (C=O) groups excluding carboxylic acids is 2. The third kappa shape index (κ3) is 4.51. The van der Waals surface area contributed by atoms with Crippen LogP contribution >= 0.6 is 11.6 Å². The smallest absolute Gasteiger partial charge is 0.248 e. The quantitative estimate of drug-likeness (QED) is 0.637. The zero-order chi connectivity index (χ0) is 22.0. The number of hydrogen-bond donors (Lipinski definition) is 2. The predicted molar refractivity (Wildman–Crippen MR) is 119 cm³/mol. The number of aromatic nitrogens is 2. The molecule has 1 saturated heterocycles. The molecule has 2 amide bonds. The summed E-state index contributed by atoms with van der Waals surface area (Å²) in [5, 5.41) is 0.634. The van der Waals surface area contributed by atoms with Crippen LogP contribution in [-0.2, 0) is 11.2 Å². The Balaban J connectivity index is 1.67. The zero-order valence-electron chi connectivity index (χ0n) is 16.8. The zero-order valence-corrected chi connectivity index (χ0v) is 17.5. The molecule has 2 heterocycles. The van der Waals surface area contributed by atoms with Gasteiger partial charge in [-0.1, -0.05) is 35.9 Å². The molecule has 1 unspecified atom stereocenters. The molecule has 1 fully saturated rings. The first-order valence-electron chi connectivity index (χ1n) is 9.99. The average molecular weight is 436 g/mol. The normalized spacial score (nSPS) is 15.8. The van der Waals surface area contributed by atoms with Gasteiger partial charge < -0.3 is 16.4 Å². The summed E-state index contributed by atoms with van der Waals surface area (Å²) in [4.78, 5) is 35.2. The Kier molecular flexibility index (Phi) is 5.86. The van der Waals surface area contributed by atoms with Crippen LogP contribution in [0.15, 0.2) is 54.7 Å². The summed E-state index contributed by atoms with van der Waals surface area (Å²) >= 11 is 5.95. The molecule has 2 aromatic carbocycles. The first-order chi connectivity index (χ1) is 14.9. The summed E-state index contributed by atoms with van der Waals surface area (Å²) < 4.78 is 0. The van der Waals surface area contributed by atoms with E-state index in [0.717, 1.165) is 29.5 Å². The van der Waals surface area contributed by atoms with E-state index in [9.17, 15) is 9.59 Å². The van der Waals surface area contributed by atoms with Gasteiger partial charge in [-0.05, 0) is 48.2 Å². The van der Waals surface area contributed by atoms with Gasteiger partial charge >= 0.3 is 0 Å². The lowest BCUT2D eigenvalue weighted by atomic mass is 9.98. The summed E-state index contributed by atoms with van der Waals surface area (Å²) in [6.07, 6.45) is 3.55. The largest absolute Gasteiger partial charge is 0.368 e. The minimum absolute atomic E-state index is 0.0128. The van der Waals surface area contributed by atoms with Gasteiger partial charge in [-0.3, -0.25) is 9.59 Å². The highest BCUT2D eigenvalue weighted by molar-refractivity contribution is 6.30. The summed E-state index contributed by atoms with van der Waals surface area (Å²) in [5.41, 5.74) is 14.8. The van der Waals surface area contributed by atoms with Crippen molar-refractivity contribution in [2.75, 3.05) is 12.3 Å². The van der Waals surface area contributed by atoms with Gasteiger partial charge in [-0.25, -0.2) is 9.97 Å². The van der Waals surface area contributed by atoms with Crippen LogP contribution in [-0.4, -0.2) is 33.2 Å². The second-order valence-corrected chi connectivity index (χ2v) is 7.96. The number of halogens is 1. The van der Waals surface area contributed by atoms with Gasteiger partial charge in [0.1, 0.15) is 0 Å². The second-order valence-electron chi connectivity index (χ2n) is 7.52. The number of nitrogen functional groups attached to an aromatic ring is 1. The fourth-order valence-corrected chi connectivity index (χ4v) is 4.08. The monoisotopic (exact) mass is 435 g/mol. The van der Waals surface area contributed by atoms with Crippen LogP contribution in [0.4, 0.5) is 5.95 Å². The Bertz CT molecular complexity index is 1130. The highest BCUT2D eigenvalue weighted by Crippen LogP contribution is 2.37. The molecule has 7 nitrogen and oxygen atoms in total. The molecule has 0 aliphatic carbocycles. The van der Waals surface area contributed by atoms with Crippen LogP contribution in [0.3, 0.4) is 0 Å². The number of nitrogens with zero attached hydrogens (tertiary/aromatic N) is 3. The molecule has 31 heavy (non-hydrogen) atoms. The summed E-state index contributed by atoms with van der Waals surface area (Å²) in [6.45, 7) is 0.641. The Morgan fingerprint density at radius 2 is 1.94 bits per heavy atom. The number of hydrogen-bond acceptors (Lipinski definition) is 5. The topological polar surface area (TPSA) is 115 Å². The van der Waals surface area contributed by atoms with Crippen molar-refractivity contribution in [3.8, 4) is 11.1 Å². The van der Waals surface area contributed by atoms with Crippen molar-refractivity contribution in [2.45, 2.75) is 25.3 Å². The predicted octanol–water partition coefficient (Wildman–Crippen LogP) is 3.38. The number of rotatable bonds is 5. The minimum Gasteiger partial charge on any atom is -0.368 e. The fraction of sp³-hybridized carbons (Fsp3) is 0.217. The number of anilines is 1. The maximum Gasteiger partial charge on any atom is 0.248 e. The standard InChI is InChI=1S/C23H22ClN5O2/c24-17-8-6-14(7-9-17)11-20(30)29-10-2-5-19(29)21-18(13-27-23(26)28-21)15-3-1-4-16(12-15)22(25)31/h1,3-4,6-9,12-13,19H,2,5,10-11H2,(H2,25,31)(H2,26,27,28). The van der Waals surface area contributed by atoms with Crippen molar-refractivity contribution >= 4 is 29.4 Å². The number of nitrogens with two attached hydrogens (primary N) is 2. The molecule has 3 aromatic rings. The van der Waals surface area contributed by atoms with Gasteiger partial charge in [0.25, 0.3) is 0 Å². The van der Waals surface area contributed by atoms with Crippen molar-refractivity contribution in [2.24, 2.45) is 5.73 Å². The Morgan fingerprint density at radius 1 is 1.16 bits per heavy atom. The first-order valence-corrected chi connectivity index (χ1v) is 10.4. The van der Waals surface area contributed by atoms with Crippen LogP contribution in [0.25, 0.3) is 11.1 Å². The van der Waals surface area contributed by atoms with Gasteiger partial charge in [0.15, 0.2) is 0 Å². The molecule has 1 aliphatic rings. The Labute approximate surface area is 185 Å². The van der Waals surface area contributed by atoms with Crippen molar-refractivity contribution < 1.29 is 9.59 Å². The molecule has 0 saturated carbocycles. The molecular formula is C23H22ClN5O2. The first kappa shape index (κ1) is 20.8. The van der Waals surface area contributed by atoms with E-state index in [1.165, 1.54) is 0 Å². The van der Waals surface area contributed by atoms with Gasteiger partial charge in [-0.2, -0.15) is 0 Å². The van der Waals surface area contributed by atoms with Crippen molar-refractivity contribution in [3.63, 3.8) is 0 Å². The van der Waals surface area contributed by atoms with E-state index in [-0.39, 0.29) is 24.3 Å².